The average Bonchev–Trinajstić information content (AvgIpc) is 2.14. The van der Waals surface area contributed by atoms with Gasteiger partial charge in [0.05, 0.1) is 6.07 Å². The van der Waals surface area contributed by atoms with Crippen molar-refractivity contribution in [2.24, 2.45) is 0 Å². The molecule has 1 aromatic carbocycles. The Hall–Kier alpha value is -1.49. The van der Waals surface area contributed by atoms with Crippen LogP contribution in [0.2, 0.25) is 0 Å². The zero-order chi connectivity index (χ0) is 11.6. The predicted molar refractivity (Wildman–Crippen MR) is 64.0 cm³/mol. The average molecular weight is 202 g/mol. The van der Waals surface area contributed by atoms with Gasteiger partial charge in [-0.25, -0.2) is 0 Å². The molecule has 0 aliphatic rings. The highest BCUT2D eigenvalue weighted by molar-refractivity contribution is 5.57. The lowest BCUT2D eigenvalue weighted by atomic mass is 10.0. The van der Waals surface area contributed by atoms with Crippen LogP contribution in [0.15, 0.2) is 12.1 Å². The van der Waals surface area contributed by atoms with E-state index in [1.54, 1.807) is 0 Å². The number of nitriles is 1. The first-order valence-electron chi connectivity index (χ1n) is 5.13. The second kappa shape index (κ2) is 3.94. The number of hydrogen-bond donors (Lipinski definition) is 1. The molecule has 2 heteroatoms. The minimum atomic E-state index is -0.521. The monoisotopic (exact) mass is 202 g/mol. The molecule has 0 radical (unpaired) electrons. The van der Waals surface area contributed by atoms with Gasteiger partial charge >= 0.3 is 0 Å². The van der Waals surface area contributed by atoms with Crippen molar-refractivity contribution in [3.63, 3.8) is 0 Å². The summed E-state index contributed by atoms with van der Waals surface area (Å²) in [4.78, 5) is 0. The van der Waals surface area contributed by atoms with E-state index in [1.807, 2.05) is 13.8 Å². The van der Waals surface area contributed by atoms with E-state index < -0.39 is 5.54 Å². The molecule has 1 aromatic rings. The lowest BCUT2D eigenvalue weighted by Crippen LogP contribution is -2.28. The molecule has 80 valence electrons. The SMILES string of the molecule is Cc1cc(C)c(NC(C)(C)C#N)cc1C. The highest BCUT2D eigenvalue weighted by atomic mass is 15.0. The summed E-state index contributed by atoms with van der Waals surface area (Å²) in [5.41, 5.74) is 4.24. The summed E-state index contributed by atoms with van der Waals surface area (Å²) in [5.74, 6) is 0. The van der Waals surface area contributed by atoms with Crippen molar-refractivity contribution >= 4 is 5.69 Å². The van der Waals surface area contributed by atoms with Crippen LogP contribution in [-0.2, 0) is 0 Å². The molecule has 1 rings (SSSR count). The molecule has 0 amide bonds. The van der Waals surface area contributed by atoms with Crippen molar-refractivity contribution < 1.29 is 0 Å². The van der Waals surface area contributed by atoms with Crippen molar-refractivity contribution in [3.8, 4) is 6.07 Å². The highest BCUT2D eigenvalue weighted by Gasteiger charge is 2.16. The summed E-state index contributed by atoms with van der Waals surface area (Å²) in [6, 6.07) is 6.48. The molecular weight excluding hydrogens is 184 g/mol. The first kappa shape index (κ1) is 11.6. The third kappa shape index (κ3) is 2.73. The molecule has 0 spiro atoms. The smallest absolute Gasteiger partial charge is 0.119 e. The number of anilines is 1. The van der Waals surface area contributed by atoms with Crippen molar-refractivity contribution in [1.29, 1.82) is 5.26 Å². The Labute approximate surface area is 91.9 Å². The number of hydrogen-bond acceptors (Lipinski definition) is 2. The van der Waals surface area contributed by atoms with Gasteiger partial charge in [0.15, 0.2) is 0 Å². The minimum Gasteiger partial charge on any atom is -0.368 e. The number of benzene rings is 1. The fraction of sp³-hybridized carbons (Fsp3) is 0.462. The van der Waals surface area contributed by atoms with Gasteiger partial charge in [-0.3, -0.25) is 0 Å². The van der Waals surface area contributed by atoms with Crippen molar-refractivity contribution in [3.05, 3.63) is 28.8 Å². The van der Waals surface area contributed by atoms with Gasteiger partial charge in [0, 0.05) is 5.69 Å². The Morgan fingerprint density at radius 2 is 1.60 bits per heavy atom. The molecule has 0 aromatic heterocycles. The van der Waals surface area contributed by atoms with Gasteiger partial charge in [-0.05, 0) is 57.4 Å². The van der Waals surface area contributed by atoms with Gasteiger partial charge < -0.3 is 5.32 Å². The Morgan fingerprint density at radius 1 is 1.07 bits per heavy atom. The van der Waals surface area contributed by atoms with Gasteiger partial charge in [0.2, 0.25) is 0 Å². The number of aryl methyl sites for hydroxylation is 3. The largest absolute Gasteiger partial charge is 0.368 e. The van der Waals surface area contributed by atoms with Crippen molar-refractivity contribution in [1.82, 2.24) is 0 Å². The second-order valence-corrected chi connectivity index (χ2v) is 4.61. The third-order valence-corrected chi connectivity index (χ3v) is 2.57. The zero-order valence-corrected chi connectivity index (χ0v) is 10.1. The van der Waals surface area contributed by atoms with Crippen LogP contribution in [-0.4, -0.2) is 5.54 Å². The van der Waals surface area contributed by atoms with Gasteiger partial charge in [0.1, 0.15) is 5.54 Å². The van der Waals surface area contributed by atoms with Crippen LogP contribution in [0.4, 0.5) is 5.69 Å². The number of nitrogens with one attached hydrogen (secondary N) is 1. The fourth-order valence-corrected chi connectivity index (χ4v) is 1.46. The predicted octanol–water partition coefficient (Wildman–Crippen LogP) is 3.33. The fourth-order valence-electron chi connectivity index (χ4n) is 1.46. The van der Waals surface area contributed by atoms with Crippen LogP contribution < -0.4 is 5.32 Å². The highest BCUT2D eigenvalue weighted by Crippen LogP contribution is 2.23. The van der Waals surface area contributed by atoms with Crippen LogP contribution in [0.25, 0.3) is 0 Å². The van der Waals surface area contributed by atoms with E-state index in [9.17, 15) is 0 Å². The molecule has 0 atom stereocenters. The van der Waals surface area contributed by atoms with Crippen molar-refractivity contribution in [2.45, 2.75) is 40.2 Å². The summed E-state index contributed by atoms with van der Waals surface area (Å²) in [7, 11) is 0. The Bertz CT molecular complexity index is 411. The number of rotatable bonds is 2. The van der Waals surface area contributed by atoms with E-state index in [1.165, 1.54) is 16.7 Å². The van der Waals surface area contributed by atoms with Gasteiger partial charge in [-0.15, -0.1) is 0 Å². The van der Waals surface area contributed by atoms with Crippen molar-refractivity contribution in [2.75, 3.05) is 5.32 Å². The summed E-state index contributed by atoms with van der Waals surface area (Å²) < 4.78 is 0. The van der Waals surface area contributed by atoms with Crippen LogP contribution in [0.5, 0.6) is 0 Å². The van der Waals surface area contributed by atoms with Crippen LogP contribution in [0.3, 0.4) is 0 Å². The molecule has 0 fully saturated rings. The topological polar surface area (TPSA) is 35.8 Å². The van der Waals surface area contributed by atoms with E-state index in [0.29, 0.717) is 0 Å². The maximum Gasteiger partial charge on any atom is 0.119 e. The molecule has 0 aliphatic carbocycles. The summed E-state index contributed by atoms with van der Waals surface area (Å²) in [6.45, 7) is 9.99. The second-order valence-electron chi connectivity index (χ2n) is 4.61. The van der Waals surface area contributed by atoms with E-state index in [-0.39, 0.29) is 0 Å². The van der Waals surface area contributed by atoms with Crippen LogP contribution in [0, 0.1) is 32.1 Å². The first-order chi connectivity index (χ1) is 6.85. The lowest BCUT2D eigenvalue weighted by Gasteiger charge is -2.21. The molecular formula is C13H18N2. The zero-order valence-electron chi connectivity index (χ0n) is 10.1. The number of nitrogens with zero attached hydrogens (tertiary/aromatic N) is 1. The Kier molecular flexibility index (Phi) is 3.04. The van der Waals surface area contributed by atoms with E-state index in [0.717, 1.165) is 5.69 Å². The molecule has 0 heterocycles. The molecule has 0 saturated heterocycles. The lowest BCUT2D eigenvalue weighted by molar-refractivity contribution is 0.727. The van der Waals surface area contributed by atoms with Gasteiger partial charge in [-0.1, -0.05) is 6.07 Å². The summed E-state index contributed by atoms with van der Waals surface area (Å²) in [6.07, 6.45) is 0. The maximum atomic E-state index is 8.96. The van der Waals surface area contributed by atoms with Gasteiger partial charge in [0.25, 0.3) is 0 Å². The molecule has 0 saturated carbocycles. The van der Waals surface area contributed by atoms with Gasteiger partial charge in [-0.2, -0.15) is 5.26 Å². The van der Waals surface area contributed by atoms with E-state index in [2.05, 4.69) is 44.3 Å². The normalized spacial score (nSPS) is 10.9. The molecule has 1 N–H and O–H groups in total. The Morgan fingerprint density at radius 3 is 2.13 bits per heavy atom. The molecule has 15 heavy (non-hydrogen) atoms. The summed E-state index contributed by atoms with van der Waals surface area (Å²) in [5, 5.41) is 12.2. The standard InChI is InChI=1S/C13H18N2/c1-9-6-11(3)12(7-10(9)2)15-13(4,5)8-14/h6-7,15H,1-5H3. The summed E-state index contributed by atoms with van der Waals surface area (Å²) >= 11 is 0. The van der Waals surface area contributed by atoms with Crippen LogP contribution >= 0.6 is 0 Å². The Balaban J connectivity index is 3.07. The molecule has 0 unspecified atom stereocenters. The minimum absolute atomic E-state index is 0.521. The van der Waals surface area contributed by atoms with E-state index >= 15 is 0 Å². The molecule has 0 bridgehead atoms. The molecule has 2 nitrogen and oxygen atoms in total. The third-order valence-electron chi connectivity index (χ3n) is 2.57. The van der Waals surface area contributed by atoms with E-state index in [4.69, 9.17) is 5.26 Å². The quantitative estimate of drug-likeness (QED) is 0.798. The van der Waals surface area contributed by atoms with Crippen LogP contribution in [0.1, 0.15) is 30.5 Å². The maximum absolute atomic E-state index is 8.96. The molecule has 0 aliphatic heterocycles. The first-order valence-corrected chi connectivity index (χ1v) is 5.13.